The van der Waals surface area contributed by atoms with E-state index in [1.807, 2.05) is 25.1 Å². The Morgan fingerprint density at radius 1 is 1.22 bits per heavy atom. The zero-order valence-corrected chi connectivity index (χ0v) is 19.8. The van der Waals surface area contributed by atoms with E-state index in [1.54, 1.807) is 6.20 Å². The van der Waals surface area contributed by atoms with E-state index < -0.39 is 17.9 Å². The minimum Gasteiger partial charge on any atom is -0.318 e. The summed E-state index contributed by atoms with van der Waals surface area (Å²) >= 11 is 0. The van der Waals surface area contributed by atoms with Crippen LogP contribution in [-0.2, 0) is 6.18 Å². The molecule has 0 spiro atoms. The number of hydrogen-bond donors (Lipinski definition) is 2. The first-order valence-electron chi connectivity index (χ1n) is 11.5. The molecule has 188 valence electrons. The second-order valence-corrected chi connectivity index (χ2v) is 8.63. The third kappa shape index (κ3) is 6.03. The maximum Gasteiger partial charge on any atom is 0.451 e. The number of H-pyrrole nitrogens is 1. The molecule has 0 radical (unpaired) electrons. The van der Waals surface area contributed by atoms with E-state index >= 15 is 0 Å². The fourth-order valence-corrected chi connectivity index (χ4v) is 4.14. The number of hydrogen-bond acceptors (Lipinski definition) is 6. The number of aliphatic imine (C=N–C) groups is 1. The normalized spacial score (nSPS) is 15.8. The van der Waals surface area contributed by atoms with Crippen molar-refractivity contribution in [1.29, 1.82) is 0 Å². The van der Waals surface area contributed by atoms with Crippen LogP contribution in [0, 0.1) is 0 Å². The van der Waals surface area contributed by atoms with Gasteiger partial charge in [-0.05, 0) is 68.4 Å². The second-order valence-electron chi connectivity index (χ2n) is 8.63. The number of benzene rings is 1. The molecule has 0 atom stereocenters. The Kier molecular flexibility index (Phi) is 7.58. The fraction of sp³-hybridized carbons (Fsp3) is 0.320. The molecule has 0 bridgehead atoms. The molecule has 1 aliphatic rings. The number of fused-ring (bicyclic) bond motifs is 1. The third-order valence-corrected chi connectivity index (χ3v) is 5.91. The first-order valence-corrected chi connectivity index (χ1v) is 11.5. The Morgan fingerprint density at radius 3 is 2.61 bits per heavy atom. The topological polar surface area (TPSA) is 99.2 Å². The molecule has 1 saturated heterocycles. The van der Waals surface area contributed by atoms with Gasteiger partial charge in [-0.15, -0.1) is 0 Å². The summed E-state index contributed by atoms with van der Waals surface area (Å²) in [6, 6.07) is 5.60. The first-order chi connectivity index (χ1) is 17.2. The smallest absolute Gasteiger partial charge is 0.318 e. The molecular formula is C25H26F3N7O. The van der Waals surface area contributed by atoms with E-state index in [0.717, 1.165) is 48.7 Å². The van der Waals surface area contributed by atoms with Crippen LogP contribution in [0.5, 0.6) is 0 Å². The molecule has 0 saturated carbocycles. The van der Waals surface area contributed by atoms with Gasteiger partial charge in [-0.3, -0.25) is 19.8 Å². The number of aromatic amines is 1. The molecule has 36 heavy (non-hydrogen) atoms. The highest BCUT2D eigenvalue weighted by molar-refractivity contribution is 6.11. The summed E-state index contributed by atoms with van der Waals surface area (Å²) < 4.78 is 38.0. The van der Waals surface area contributed by atoms with Crippen LogP contribution in [0.1, 0.15) is 48.1 Å². The van der Waals surface area contributed by atoms with Crippen molar-refractivity contribution >= 4 is 34.8 Å². The largest absolute Gasteiger partial charge is 0.451 e. The van der Waals surface area contributed by atoms with Crippen molar-refractivity contribution in [3.8, 4) is 0 Å². The van der Waals surface area contributed by atoms with E-state index in [4.69, 9.17) is 0 Å². The first kappa shape index (κ1) is 25.2. The number of nitrogens with zero attached hydrogens (tertiary/aromatic N) is 5. The number of rotatable bonds is 7. The molecule has 1 aliphatic heterocycles. The Hall–Kier alpha value is -3.86. The number of alkyl halides is 3. The van der Waals surface area contributed by atoms with E-state index in [9.17, 15) is 18.0 Å². The predicted octanol–water partition coefficient (Wildman–Crippen LogP) is 5.10. The summed E-state index contributed by atoms with van der Waals surface area (Å²) in [7, 11) is 0. The van der Waals surface area contributed by atoms with Gasteiger partial charge in [0.15, 0.2) is 5.69 Å². The van der Waals surface area contributed by atoms with E-state index in [0.29, 0.717) is 10.9 Å². The average Bonchev–Trinajstić information content (AvgIpc) is 3.28. The van der Waals surface area contributed by atoms with Crippen LogP contribution >= 0.6 is 0 Å². The molecule has 4 rings (SSSR count). The van der Waals surface area contributed by atoms with Gasteiger partial charge in [0.05, 0.1) is 23.6 Å². The quantitative estimate of drug-likeness (QED) is 0.350. The van der Waals surface area contributed by atoms with Crippen LogP contribution in [0.4, 0.5) is 18.9 Å². The van der Waals surface area contributed by atoms with Gasteiger partial charge in [0, 0.05) is 18.1 Å². The van der Waals surface area contributed by atoms with E-state index in [-0.39, 0.29) is 11.4 Å². The van der Waals surface area contributed by atoms with Gasteiger partial charge in [0.25, 0.3) is 5.91 Å². The molecule has 3 heterocycles. The number of allylic oxidation sites excluding steroid dienone is 1. The monoisotopic (exact) mass is 497 g/mol. The van der Waals surface area contributed by atoms with Crippen LogP contribution < -0.4 is 5.32 Å². The number of anilines is 1. The van der Waals surface area contributed by atoms with Crippen LogP contribution in [0.2, 0.25) is 0 Å². The zero-order chi connectivity index (χ0) is 25.7. The Labute approximate surface area is 206 Å². The molecular weight excluding hydrogens is 471 g/mol. The number of halogens is 3. The van der Waals surface area contributed by atoms with Crippen LogP contribution in [-0.4, -0.2) is 57.3 Å². The van der Waals surface area contributed by atoms with Crippen molar-refractivity contribution < 1.29 is 18.0 Å². The SMILES string of the molecule is C=N/C=C(\C=C(/C)c1ccc2[nH]nc(C(=O)Nc3cnc(C(F)(F)F)nc3)c2c1)CN1CCCCC1. The summed E-state index contributed by atoms with van der Waals surface area (Å²) in [5, 5.41) is 9.99. The van der Waals surface area contributed by atoms with Gasteiger partial charge in [-0.2, -0.15) is 18.3 Å². The van der Waals surface area contributed by atoms with Crippen LogP contribution in [0.25, 0.3) is 16.5 Å². The third-order valence-electron chi connectivity index (χ3n) is 5.91. The van der Waals surface area contributed by atoms with Gasteiger partial charge in [0.2, 0.25) is 5.82 Å². The number of likely N-dealkylation sites (tertiary alicyclic amines) is 1. The van der Waals surface area contributed by atoms with Crippen LogP contribution in [0.15, 0.2) is 53.4 Å². The molecule has 0 unspecified atom stereocenters. The van der Waals surface area contributed by atoms with Crippen molar-refractivity contribution in [3.05, 3.63) is 65.5 Å². The predicted molar refractivity (Wildman–Crippen MR) is 133 cm³/mol. The average molecular weight is 498 g/mol. The maximum atomic E-state index is 12.8. The minimum absolute atomic E-state index is 0.0285. The minimum atomic E-state index is -4.66. The van der Waals surface area contributed by atoms with Gasteiger partial charge in [-0.25, -0.2) is 9.97 Å². The number of amides is 1. The highest BCUT2D eigenvalue weighted by Gasteiger charge is 2.34. The van der Waals surface area contributed by atoms with Gasteiger partial charge in [0.1, 0.15) is 0 Å². The highest BCUT2D eigenvalue weighted by atomic mass is 19.4. The molecule has 2 N–H and O–H groups in total. The van der Waals surface area contributed by atoms with Gasteiger partial charge < -0.3 is 5.32 Å². The maximum absolute atomic E-state index is 12.8. The number of nitrogens with one attached hydrogen (secondary N) is 2. The standard InChI is InChI=1S/C25H26F3N7O/c1-16(10-17(12-29-2)15-35-8-4-3-5-9-35)18-6-7-21-20(11-18)22(34-33-21)23(36)32-19-13-30-24(31-14-19)25(26,27)28/h6-7,10-14H,2-5,8-9,15H2,1H3,(H,32,36)(H,33,34)/b16-10+,17-12+. The lowest BCUT2D eigenvalue weighted by molar-refractivity contribution is -0.144. The summed E-state index contributed by atoms with van der Waals surface area (Å²) in [6.45, 7) is 8.48. The summed E-state index contributed by atoms with van der Waals surface area (Å²) in [6.07, 6.45) is 4.62. The Morgan fingerprint density at radius 2 is 1.94 bits per heavy atom. The second kappa shape index (κ2) is 10.8. The summed E-state index contributed by atoms with van der Waals surface area (Å²) in [5.74, 6) is -1.87. The number of carbonyl (C=O) groups is 1. The lowest BCUT2D eigenvalue weighted by Crippen LogP contribution is -2.31. The van der Waals surface area contributed by atoms with Crippen molar-refractivity contribution in [2.45, 2.75) is 32.4 Å². The number of carbonyl (C=O) groups excluding carboxylic acids is 1. The van der Waals surface area contributed by atoms with Crippen molar-refractivity contribution in [1.82, 2.24) is 25.1 Å². The molecule has 11 heteroatoms. The van der Waals surface area contributed by atoms with Crippen molar-refractivity contribution in [2.24, 2.45) is 4.99 Å². The Bertz CT molecular complexity index is 1300. The number of piperidine rings is 1. The van der Waals surface area contributed by atoms with E-state index in [1.165, 1.54) is 19.3 Å². The molecule has 2 aromatic heterocycles. The molecule has 1 amide bonds. The van der Waals surface area contributed by atoms with Crippen molar-refractivity contribution in [3.63, 3.8) is 0 Å². The molecule has 0 aliphatic carbocycles. The highest BCUT2D eigenvalue weighted by Crippen LogP contribution is 2.27. The summed E-state index contributed by atoms with van der Waals surface area (Å²) in [5.41, 5.74) is 3.70. The lowest BCUT2D eigenvalue weighted by Gasteiger charge is -2.26. The molecule has 1 fully saturated rings. The molecule has 3 aromatic rings. The van der Waals surface area contributed by atoms with Gasteiger partial charge >= 0.3 is 6.18 Å². The summed E-state index contributed by atoms with van der Waals surface area (Å²) in [4.78, 5) is 25.7. The van der Waals surface area contributed by atoms with Crippen LogP contribution in [0.3, 0.4) is 0 Å². The zero-order valence-electron chi connectivity index (χ0n) is 19.8. The van der Waals surface area contributed by atoms with Crippen molar-refractivity contribution in [2.75, 3.05) is 25.0 Å². The Balaban J connectivity index is 1.54. The lowest BCUT2D eigenvalue weighted by atomic mass is 10.0. The molecule has 1 aromatic carbocycles. The molecule has 8 nitrogen and oxygen atoms in total. The van der Waals surface area contributed by atoms with Gasteiger partial charge in [-0.1, -0.05) is 18.6 Å². The van der Waals surface area contributed by atoms with E-state index in [2.05, 4.69) is 48.2 Å². The number of aromatic nitrogens is 4. The fourth-order valence-electron chi connectivity index (χ4n) is 4.14.